The average molecular weight is 454 g/mol. The lowest BCUT2D eigenvalue weighted by atomic mass is 9.69. The lowest BCUT2D eigenvalue weighted by Gasteiger charge is -2.35. The van der Waals surface area contributed by atoms with Crippen molar-refractivity contribution in [2.45, 2.75) is 50.9 Å². The average Bonchev–Trinajstić information content (AvgIpc) is 2.82. The summed E-state index contributed by atoms with van der Waals surface area (Å²) in [6.45, 7) is 3.91. The maximum atomic E-state index is 12.0. The number of carboxylic acids is 1. The molecule has 0 fully saturated rings. The summed E-state index contributed by atoms with van der Waals surface area (Å²) in [4.78, 5) is 22.9. The molecule has 1 aromatic rings. The number of halogens is 1. The Bertz CT molecular complexity index is 834. The number of nitrogens with zero attached hydrogens (tertiary/aromatic N) is 1. The molecule has 0 aromatic heterocycles. The SMILES string of the molecule is CC(=O)O.COc1cc(Br)c2c3c1OC1C[C@@H](O)C=CC31CCN(C(C)=O)C2. The van der Waals surface area contributed by atoms with E-state index in [0.29, 0.717) is 25.3 Å². The fourth-order valence-electron chi connectivity index (χ4n) is 4.23. The smallest absolute Gasteiger partial charge is 0.300 e. The summed E-state index contributed by atoms with van der Waals surface area (Å²) in [5, 5.41) is 17.5. The minimum absolute atomic E-state index is 0.0696. The van der Waals surface area contributed by atoms with Crippen LogP contribution in [0.2, 0.25) is 0 Å². The van der Waals surface area contributed by atoms with E-state index in [1.54, 1.807) is 14.0 Å². The van der Waals surface area contributed by atoms with Gasteiger partial charge >= 0.3 is 0 Å². The van der Waals surface area contributed by atoms with Crippen LogP contribution in [0, 0.1) is 0 Å². The maximum absolute atomic E-state index is 12.0. The number of ether oxygens (including phenoxy) is 2. The third-order valence-corrected chi connectivity index (χ3v) is 6.19. The van der Waals surface area contributed by atoms with E-state index in [-0.39, 0.29) is 17.4 Å². The number of hydrogen-bond acceptors (Lipinski definition) is 5. The van der Waals surface area contributed by atoms with Crippen LogP contribution in [-0.4, -0.2) is 52.9 Å². The topological polar surface area (TPSA) is 96.3 Å². The number of aliphatic hydroxyl groups is 1. The Morgan fingerprint density at radius 3 is 2.68 bits per heavy atom. The second kappa shape index (κ2) is 7.75. The number of aliphatic carboxylic acids is 1. The number of hydrogen-bond donors (Lipinski definition) is 2. The van der Waals surface area contributed by atoms with Crippen molar-refractivity contribution in [1.29, 1.82) is 0 Å². The Hall–Kier alpha value is -2.06. The molecule has 152 valence electrons. The molecule has 0 radical (unpaired) electrons. The van der Waals surface area contributed by atoms with Gasteiger partial charge in [-0.3, -0.25) is 9.59 Å². The van der Waals surface area contributed by atoms with Crippen molar-refractivity contribution in [2.75, 3.05) is 13.7 Å². The second-order valence-electron chi connectivity index (χ2n) is 7.26. The molecule has 28 heavy (non-hydrogen) atoms. The number of carbonyl (C=O) groups excluding carboxylic acids is 1. The lowest BCUT2D eigenvalue weighted by molar-refractivity contribution is -0.134. The first kappa shape index (κ1) is 20.7. The molecule has 2 heterocycles. The van der Waals surface area contributed by atoms with Gasteiger partial charge in [0, 0.05) is 43.4 Å². The highest BCUT2D eigenvalue weighted by Gasteiger charge is 2.53. The summed E-state index contributed by atoms with van der Waals surface area (Å²) in [7, 11) is 1.63. The van der Waals surface area contributed by atoms with Gasteiger partial charge in [-0.15, -0.1) is 0 Å². The van der Waals surface area contributed by atoms with Crippen molar-refractivity contribution in [3.8, 4) is 11.5 Å². The molecule has 2 aliphatic heterocycles. The molecule has 7 nitrogen and oxygen atoms in total. The van der Waals surface area contributed by atoms with Gasteiger partial charge in [-0.25, -0.2) is 0 Å². The van der Waals surface area contributed by atoms with Gasteiger partial charge in [0.2, 0.25) is 5.91 Å². The normalized spacial score (nSPS) is 26.8. The van der Waals surface area contributed by atoms with Crippen molar-refractivity contribution in [3.05, 3.63) is 33.8 Å². The molecule has 0 saturated heterocycles. The predicted molar refractivity (Wildman–Crippen MR) is 106 cm³/mol. The Kier molecular flexibility index (Phi) is 5.72. The lowest BCUT2D eigenvalue weighted by Crippen LogP contribution is -2.43. The molecular weight excluding hydrogens is 430 g/mol. The van der Waals surface area contributed by atoms with Gasteiger partial charge in [-0.05, 0) is 18.1 Å². The van der Waals surface area contributed by atoms with Gasteiger partial charge in [-0.1, -0.05) is 28.1 Å². The van der Waals surface area contributed by atoms with Crippen molar-refractivity contribution >= 4 is 27.8 Å². The van der Waals surface area contributed by atoms with E-state index in [2.05, 4.69) is 22.0 Å². The van der Waals surface area contributed by atoms with Crippen molar-refractivity contribution < 1.29 is 29.3 Å². The molecule has 1 aromatic carbocycles. The molecule has 3 atom stereocenters. The van der Waals surface area contributed by atoms with Crippen LogP contribution in [0.1, 0.15) is 37.8 Å². The number of carboxylic acid groups (broad SMARTS) is 1. The highest BCUT2D eigenvalue weighted by atomic mass is 79.9. The third kappa shape index (κ3) is 3.51. The van der Waals surface area contributed by atoms with Crippen LogP contribution in [0.3, 0.4) is 0 Å². The van der Waals surface area contributed by atoms with Crippen LogP contribution >= 0.6 is 15.9 Å². The molecule has 2 unspecified atom stereocenters. The van der Waals surface area contributed by atoms with Crippen molar-refractivity contribution in [2.24, 2.45) is 0 Å². The summed E-state index contributed by atoms with van der Waals surface area (Å²) in [5.74, 6) is 0.679. The van der Waals surface area contributed by atoms with Gasteiger partial charge < -0.3 is 24.6 Å². The minimum atomic E-state index is -0.833. The molecule has 0 bridgehead atoms. The zero-order valence-corrected chi connectivity index (χ0v) is 17.7. The maximum Gasteiger partial charge on any atom is 0.300 e. The molecule has 0 saturated carbocycles. The monoisotopic (exact) mass is 453 g/mol. The summed E-state index contributed by atoms with van der Waals surface area (Å²) in [5.41, 5.74) is 1.86. The van der Waals surface area contributed by atoms with E-state index in [1.165, 1.54) is 0 Å². The van der Waals surface area contributed by atoms with Crippen LogP contribution in [0.4, 0.5) is 0 Å². The number of benzene rings is 1. The molecule has 1 spiro atoms. The van der Waals surface area contributed by atoms with E-state index in [4.69, 9.17) is 19.4 Å². The fraction of sp³-hybridized carbons (Fsp3) is 0.500. The number of rotatable bonds is 1. The standard InChI is InChI=1S/C18H20BrNO4.C2H4O2/c1-10(21)20-6-5-18-4-3-11(22)7-15(18)24-17-14(23-2)8-13(19)12(9-20)16(17)18;1-2(3)4/h3-4,8,11,15,22H,5-7,9H2,1-2H3;1H3,(H,3,4)/t11-,15?,18?;/m0./s1. The summed E-state index contributed by atoms with van der Waals surface area (Å²) in [6, 6.07) is 1.91. The molecule has 1 amide bonds. The van der Waals surface area contributed by atoms with E-state index in [9.17, 15) is 9.90 Å². The van der Waals surface area contributed by atoms with Crippen LogP contribution in [0.5, 0.6) is 11.5 Å². The zero-order chi connectivity index (χ0) is 20.6. The van der Waals surface area contributed by atoms with Gasteiger partial charge in [0.25, 0.3) is 5.97 Å². The summed E-state index contributed by atoms with van der Waals surface area (Å²) < 4.78 is 12.7. The van der Waals surface area contributed by atoms with E-state index in [0.717, 1.165) is 34.7 Å². The van der Waals surface area contributed by atoms with E-state index < -0.39 is 12.1 Å². The van der Waals surface area contributed by atoms with Crippen molar-refractivity contribution in [1.82, 2.24) is 4.90 Å². The Labute approximate surface area is 172 Å². The fourth-order valence-corrected chi connectivity index (χ4v) is 4.76. The molecule has 1 aliphatic carbocycles. The number of methoxy groups -OCH3 is 1. The first-order valence-electron chi connectivity index (χ1n) is 9.08. The van der Waals surface area contributed by atoms with Crippen LogP contribution in [0.15, 0.2) is 22.7 Å². The highest BCUT2D eigenvalue weighted by Crippen LogP contribution is 2.57. The van der Waals surface area contributed by atoms with Crippen molar-refractivity contribution in [3.63, 3.8) is 0 Å². The largest absolute Gasteiger partial charge is 0.493 e. The summed E-state index contributed by atoms with van der Waals surface area (Å²) >= 11 is 3.65. The van der Waals surface area contributed by atoms with Gasteiger partial charge in [-0.2, -0.15) is 0 Å². The van der Waals surface area contributed by atoms with Gasteiger partial charge in [0.15, 0.2) is 11.5 Å². The Morgan fingerprint density at radius 1 is 1.39 bits per heavy atom. The number of aliphatic hydroxyl groups excluding tert-OH is 1. The number of carbonyl (C=O) groups is 2. The molecule has 4 rings (SSSR count). The van der Waals surface area contributed by atoms with Gasteiger partial charge in [0.1, 0.15) is 6.10 Å². The first-order valence-corrected chi connectivity index (χ1v) is 9.88. The minimum Gasteiger partial charge on any atom is -0.493 e. The van der Waals surface area contributed by atoms with Crippen LogP contribution in [0.25, 0.3) is 0 Å². The second-order valence-corrected chi connectivity index (χ2v) is 8.12. The zero-order valence-electron chi connectivity index (χ0n) is 16.1. The highest BCUT2D eigenvalue weighted by molar-refractivity contribution is 9.10. The predicted octanol–water partition coefficient (Wildman–Crippen LogP) is 2.62. The molecule has 8 heteroatoms. The Morgan fingerprint density at radius 2 is 2.07 bits per heavy atom. The van der Waals surface area contributed by atoms with E-state index >= 15 is 0 Å². The van der Waals surface area contributed by atoms with E-state index in [1.807, 2.05) is 17.0 Å². The molecular formula is C20H24BrNO6. The molecule has 2 N–H and O–H groups in total. The summed E-state index contributed by atoms with van der Waals surface area (Å²) in [6.07, 6.45) is 4.62. The molecule has 3 aliphatic rings. The number of amides is 1. The third-order valence-electron chi connectivity index (χ3n) is 5.48. The first-order chi connectivity index (χ1) is 13.2. The van der Waals surface area contributed by atoms with Crippen LogP contribution in [-0.2, 0) is 21.5 Å². The van der Waals surface area contributed by atoms with Crippen LogP contribution < -0.4 is 9.47 Å². The quantitative estimate of drug-likeness (QED) is 0.634. The van der Waals surface area contributed by atoms with Gasteiger partial charge in [0.05, 0.1) is 18.6 Å². The Balaban J connectivity index is 0.000000516.